The molecule has 2 amide bonds. The van der Waals surface area contributed by atoms with Crippen LogP contribution in [0.5, 0.6) is 17.5 Å². The molecule has 0 unspecified atom stereocenters. The summed E-state index contributed by atoms with van der Waals surface area (Å²) >= 11 is 0.872. The Kier molecular flexibility index (Phi) is 6.57. The maximum Gasteiger partial charge on any atom is 0.290 e. The first-order chi connectivity index (χ1) is 17.0. The summed E-state index contributed by atoms with van der Waals surface area (Å²) in [6.07, 6.45) is 8.21. The van der Waals surface area contributed by atoms with Crippen molar-refractivity contribution in [1.29, 1.82) is 0 Å². The number of aromatic nitrogens is 4. The fraction of sp³-hybridized carbons (Fsp3) is 0.250. The van der Waals surface area contributed by atoms with Crippen LogP contribution >= 0.6 is 11.8 Å². The van der Waals surface area contributed by atoms with Crippen LogP contribution in [0.3, 0.4) is 0 Å². The Morgan fingerprint density at radius 3 is 2.57 bits per heavy atom. The lowest BCUT2D eigenvalue weighted by Crippen LogP contribution is -2.39. The number of thioether (sulfide) groups is 1. The van der Waals surface area contributed by atoms with Crippen molar-refractivity contribution < 1.29 is 19.1 Å². The standard InChI is InChI=1S/C24H22N6O4S/c1-15-21(33-17-6-10-30(11-7-17)23-25-8-3-9-26-23)27-14-28-22(15)34-18-5-2-4-16(12-18)13-19-20(31)29-24(32)35-19/h2-5,8-9,12-14,17H,6-7,10-11H2,1H3,(H,29,31,32)/b19-13+. The first-order valence-corrected chi connectivity index (χ1v) is 11.9. The molecule has 2 aromatic heterocycles. The Labute approximate surface area is 205 Å². The van der Waals surface area contributed by atoms with E-state index in [1.807, 2.05) is 13.0 Å². The smallest absolute Gasteiger partial charge is 0.290 e. The van der Waals surface area contributed by atoms with Gasteiger partial charge in [-0.15, -0.1) is 0 Å². The molecule has 3 aromatic rings. The van der Waals surface area contributed by atoms with E-state index in [1.165, 1.54) is 6.33 Å². The number of nitrogens with zero attached hydrogens (tertiary/aromatic N) is 5. The van der Waals surface area contributed by atoms with Crippen molar-refractivity contribution in [3.63, 3.8) is 0 Å². The summed E-state index contributed by atoms with van der Waals surface area (Å²) in [6, 6.07) is 9.00. The van der Waals surface area contributed by atoms with Gasteiger partial charge >= 0.3 is 0 Å². The summed E-state index contributed by atoms with van der Waals surface area (Å²) in [5.74, 6) is 1.75. The number of ether oxygens (including phenoxy) is 2. The third kappa shape index (κ3) is 5.40. The molecule has 2 fully saturated rings. The number of carbonyl (C=O) groups is 2. The van der Waals surface area contributed by atoms with Gasteiger partial charge in [-0.3, -0.25) is 14.9 Å². The van der Waals surface area contributed by atoms with E-state index in [0.717, 1.165) is 49.2 Å². The number of hydrogen-bond donors (Lipinski definition) is 1. The molecule has 1 aromatic carbocycles. The maximum atomic E-state index is 11.8. The molecule has 0 saturated carbocycles. The van der Waals surface area contributed by atoms with Gasteiger partial charge in [0.1, 0.15) is 18.2 Å². The minimum absolute atomic E-state index is 0.0177. The predicted molar refractivity (Wildman–Crippen MR) is 130 cm³/mol. The first kappa shape index (κ1) is 22.8. The number of nitrogens with one attached hydrogen (secondary N) is 1. The van der Waals surface area contributed by atoms with Crippen LogP contribution in [0.25, 0.3) is 6.08 Å². The molecule has 35 heavy (non-hydrogen) atoms. The molecule has 4 heterocycles. The number of benzene rings is 1. The van der Waals surface area contributed by atoms with Crippen LogP contribution in [-0.2, 0) is 4.79 Å². The van der Waals surface area contributed by atoms with E-state index in [0.29, 0.717) is 28.0 Å². The van der Waals surface area contributed by atoms with E-state index in [1.54, 1.807) is 42.7 Å². The van der Waals surface area contributed by atoms with Gasteiger partial charge in [0.25, 0.3) is 11.1 Å². The predicted octanol–water partition coefficient (Wildman–Crippen LogP) is 3.74. The van der Waals surface area contributed by atoms with Crippen molar-refractivity contribution in [1.82, 2.24) is 25.3 Å². The number of rotatable bonds is 6. The fourth-order valence-electron chi connectivity index (χ4n) is 3.78. The van der Waals surface area contributed by atoms with Crippen LogP contribution in [0, 0.1) is 6.92 Å². The van der Waals surface area contributed by atoms with E-state index in [2.05, 4.69) is 30.2 Å². The Morgan fingerprint density at radius 2 is 1.83 bits per heavy atom. The third-order valence-electron chi connectivity index (χ3n) is 5.56. The molecule has 2 aliphatic rings. The molecule has 0 aliphatic carbocycles. The normalized spacial score (nSPS) is 17.5. The van der Waals surface area contributed by atoms with Crippen molar-refractivity contribution in [2.24, 2.45) is 0 Å². The molecule has 2 aliphatic heterocycles. The van der Waals surface area contributed by atoms with Crippen LogP contribution in [0.15, 0.2) is 54.0 Å². The molecule has 10 nitrogen and oxygen atoms in total. The van der Waals surface area contributed by atoms with E-state index in [-0.39, 0.29) is 11.3 Å². The van der Waals surface area contributed by atoms with Crippen molar-refractivity contribution in [2.45, 2.75) is 25.9 Å². The van der Waals surface area contributed by atoms with Gasteiger partial charge in [-0.25, -0.2) is 19.9 Å². The van der Waals surface area contributed by atoms with Crippen LogP contribution in [0.4, 0.5) is 10.7 Å². The number of imide groups is 1. The average Bonchev–Trinajstić information content (AvgIpc) is 3.19. The van der Waals surface area contributed by atoms with Gasteiger partial charge in [0, 0.05) is 38.3 Å². The molecule has 0 atom stereocenters. The minimum Gasteiger partial charge on any atom is -0.474 e. The average molecular weight is 491 g/mol. The summed E-state index contributed by atoms with van der Waals surface area (Å²) in [5, 5.41) is 1.87. The molecule has 1 N–H and O–H groups in total. The second-order valence-electron chi connectivity index (χ2n) is 7.99. The Balaban J connectivity index is 1.24. The lowest BCUT2D eigenvalue weighted by molar-refractivity contribution is -0.115. The van der Waals surface area contributed by atoms with Crippen LogP contribution < -0.4 is 19.7 Å². The zero-order chi connectivity index (χ0) is 24.2. The van der Waals surface area contributed by atoms with Gasteiger partial charge in [-0.05, 0) is 48.5 Å². The van der Waals surface area contributed by atoms with Crippen LogP contribution in [-0.4, -0.2) is 50.3 Å². The number of hydrogen-bond acceptors (Lipinski definition) is 10. The zero-order valence-corrected chi connectivity index (χ0v) is 19.7. The molecule has 0 spiro atoms. The maximum absolute atomic E-state index is 11.8. The zero-order valence-electron chi connectivity index (χ0n) is 18.9. The van der Waals surface area contributed by atoms with Gasteiger partial charge in [0.2, 0.25) is 17.7 Å². The summed E-state index contributed by atoms with van der Waals surface area (Å²) in [5.41, 5.74) is 1.42. The van der Waals surface area contributed by atoms with Gasteiger partial charge in [0.05, 0.1) is 10.5 Å². The number of carbonyl (C=O) groups excluding carboxylic acids is 2. The monoisotopic (exact) mass is 490 g/mol. The molecule has 0 radical (unpaired) electrons. The van der Waals surface area contributed by atoms with E-state index in [4.69, 9.17) is 9.47 Å². The molecular weight excluding hydrogens is 468 g/mol. The quantitative estimate of drug-likeness (QED) is 0.512. The van der Waals surface area contributed by atoms with Gasteiger partial charge < -0.3 is 14.4 Å². The summed E-state index contributed by atoms with van der Waals surface area (Å²) in [7, 11) is 0. The highest BCUT2D eigenvalue weighted by Crippen LogP contribution is 2.31. The van der Waals surface area contributed by atoms with Crippen molar-refractivity contribution in [3.05, 3.63) is 65.1 Å². The Hall–Kier alpha value is -3.99. The highest BCUT2D eigenvalue weighted by atomic mass is 32.2. The molecule has 11 heteroatoms. The van der Waals surface area contributed by atoms with Crippen molar-refractivity contribution >= 4 is 34.9 Å². The molecule has 0 bridgehead atoms. The van der Waals surface area contributed by atoms with Crippen molar-refractivity contribution in [2.75, 3.05) is 18.0 Å². The van der Waals surface area contributed by atoms with Crippen LogP contribution in [0.2, 0.25) is 0 Å². The topological polar surface area (TPSA) is 119 Å². The second-order valence-corrected chi connectivity index (χ2v) is 9.00. The van der Waals surface area contributed by atoms with E-state index < -0.39 is 5.91 Å². The fourth-order valence-corrected chi connectivity index (χ4v) is 4.46. The van der Waals surface area contributed by atoms with E-state index >= 15 is 0 Å². The highest BCUT2D eigenvalue weighted by Gasteiger charge is 2.25. The Bertz CT molecular complexity index is 1280. The largest absolute Gasteiger partial charge is 0.474 e. The molecule has 5 rings (SSSR count). The SMILES string of the molecule is Cc1c(Oc2cccc(/C=C3/SC(=O)NC3=O)c2)ncnc1OC1CCN(c2ncccn2)CC1. The van der Waals surface area contributed by atoms with E-state index in [9.17, 15) is 9.59 Å². The summed E-state index contributed by atoms with van der Waals surface area (Å²) < 4.78 is 12.2. The number of piperidine rings is 1. The Morgan fingerprint density at radius 1 is 1.06 bits per heavy atom. The van der Waals surface area contributed by atoms with Gasteiger partial charge in [-0.1, -0.05) is 12.1 Å². The highest BCUT2D eigenvalue weighted by molar-refractivity contribution is 8.18. The number of anilines is 1. The summed E-state index contributed by atoms with van der Waals surface area (Å²) in [4.78, 5) is 42.9. The lowest BCUT2D eigenvalue weighted by atomic mass is 10.1. The lowest BCUT2D eigenvalue weighted by Gasteiger charge is -2.32. The molecule has 178 valence electrons. The third-order valence-corrected chi connectivity index (χ3v) is 6.37. The first-order valence-electron chi connectivity index (χ1n) is 11.1. The number of amides is 2. The van der Waals surface area contributed by atoms with Crippen LogP contribution in [0.1, 0.15) is 24.0 Å². The van der Waals surface area contributed by atoms with Gasteiger partial charge in [0.15, 0.2) is 0 Å². The minimum atomic E-state index is -0.401. The molecule has 2 saturated heterocycles. The molecular formula is C24H22N6O4S. The summed E-state index contributed by atoms with van der Waals surface area (Å²) in [6.45, 7) is 3.45. The second kappa shape index (κ2) is 10.1. The van der Waals surface area contributed by atoms with Gasteiger partial charge in [-0.2, -0.15) is 0 Å². The van der Waals surface area contributed by atoms with Crippen molar-refractivity contribution in [3.8, 4) is 17.5 Å².